The molecular weight excluding hydrogens is 288 g/mol. The Morgan fingerprint density at radius 3 is 2.70 bits per heavy atom. The minimum absolute atomic E-state index is 0.161. The lowest BCUT2D eigenvalue weighted by atomic mass is 9.88. The van der Waals surface area contributed by atoms with Crippen molar-refractivity contribution in [2.24, 2.45) is 5.92 Å². The van der Waals surface area contributed by atoms with Crippen LogP contribution in [0.2, 0.25) is 0 Å². The number of rotatable bonds is 6. The van der Waals surface area contributed by atoms with Gasteiger partial charge in [-0.05, 0) is 59.0 Å². The number of aromatic nitrogens is 1. The van der Waals surface area contributed by atoms with Gasteiger partial charge >= 0.3 is 0 Å². The van der Waals surface area contributed by atoms with Crippen molar-refractivity contribution in [2.45, 2.75) is 32.4 Å². The highest BCUT2D eigenvalue weighted by Gasteiger charge is 2.39. The fourth-order valence-corrected chi connectivity index (χ4v) is 3.23. The molecule has 5 nitrogen and oxygen atoms in total. The van der Waals surface area contributed by atoms with E-state index in [1.165, 1.54) is 0 Å². The number of hydrogen-bond donors (Lipinski definition) is 0. The van der Waals surface area contributed by atoms with Gasteiger partial charge < -0.3 is 9.80 Å². The average molecular weight is 318 g/mol. The second kappa shape index (κ2) is 7.41. The summed E-state index contributed by atoms with van der Waals surface area (Å²) in [5, 5.41) is 0. The minimum Gasteiger partial charge on any atom is -0.344 e. The molecule has 0 bridgehead atoms. The predicted molar refractivity (Wildman–Crippen MR) is 93.0 cm³/mol. The Morgan fingerprint density at radius 2 is 2.13 bits per heavy atom. The molecule has 0 aromatic carbocycles. The molecule has 0 aliphatic carbocycles. The van der Waals surface area contributed by atoms with Crippen molar-refractivity contribution in [3.63, 3.8) is 0 Å². The standard InChI is InChI=1S/C18H30N4O/c1-18(2)15(9-11-22(18)5)12-21(4)17(23)14-20(3)13-16-8-6-7-10-19-16/h6-8,10,15H,9,11-14H2,1-5H3. The summed E-state index contributed by atoms with van der Waals surface area (Å²) in [6.45, 7) is 7.60. The van der Waals surface area contributed by atoms with Crippen LogP contribution in [0.3, 0.4) is 0 Å². The van der Waals surface area contributed by atoms with E-state index in [9.17, 15) is 4.79 Å². The molecule has 1 amide bonds. The average Bonchev–Trinajstić information content (AvgIpc) is 2.74. The highest BCUT2D eigenvalue weighted by Crippen LogP contribution is 2.33. The SMILES string of the molecule is CN(CC(=O)N(C)CC1CCN(C)C1(C)C)Cc1ccccn1. The number of nitrogens with zero attached hydrogens (tertiary/aromatic N) is 4. The van der Waals surface area contributed by atoms with Crippen LogP contribution in [0.25, 0.3) is 0 Å². The molecule has 0 spiro atoms. The summed E-state index contributed by atoms with van der Waals surface area (Å²) >= 11 is 0. The molecule has 0 radical (unpaired) electrons. The molecule has 1 saturated heterocycles. The Morgan fingerprint density at radius 1 is 1.39 bits per heavy atom. The maximum absolute atomic E-state index is 12.5. The van der Waals surface area contributed by atoms with Gasteiger partial charge in [0.1, 0.15) is 0 Å². The number of amides is 1. The molecule has 0 saturated carbocycles. The van der Waals surface area contributed by atoms with Crippen LogP contribution < -0.4 is 0 Å². The van der Waals surface area contributed by atoms with E-state index < -0.39 is 0 Å². The molecular formula is C18H30N4O. The van der Waals surface area contributed by atoms with Crippen LogP contribution in [-0.2, 0) is 11.3 Å². The first-order valence-electron chi connectivity index (χ1n) is 8.34. The van der Waals surface area contributed by atoms with E-state index in [0.717, 1.165) is 25.2 Å². The van der Waals surface area contributed by atoms with Crippen molar-refractivity contribution in [3.05, 3.63) is 30.1 Å². The first-order chi connectivity index (χ1) is 10.8. The number of hydrogen-bond acceptors (Lipinski definition) is 4. The topological polar surface area (TPSA) is 39.7 Å². The Balaban J connectivity index is 1.83. The first-order valence-corrected chi connectivity index (χ1v) is 8.34. The Hall–Kier alpha value is -1.46. The maximum Gasteiger partial charge on any atom is 0.236 e. The lowest BCUT2D eigenvalue weighted by Crippen LogP contribution is -2.46. The van der Waals surface area contributed by atoms with Gasteiger partial charge in [0.2, 0.25) is 5.91 Å². The third-order valence-electron chi connectivity index (χ3n) is 5.28. The van der Waals surface area contributed by atoms with Crippen molar-refractivity contribution in [1.29, 1.82) is 0 Å². The zero-order valence-corrected chi connectivity index (χ0v) is 15.1. The molecule has 1 aliphatic rings. The third-order valence-corrected chi connectivity index (χ3v) is 5.28. The van der Waals surface area contributed by atoms with E-state index in [2.05, 4.69) is 30.8 Å². The van der Waals surface area contributed by atoms with Crippen LogP contribution in [0.5, 0.6) is 0 Å². The van der Waals surface area contributed by atoms with Gasteiger partial charge in [-0.3, -0.25) is 14.7 Å². The highest BCUT2D eigenvalue weighted by atomic mass is 16.2. The van der Waals surface area contributed by atoms with Crippen LogP contribution >= 0.6 is 0 Å². The second-order valence-electron chi connectivity index (χ2n) is 7.33. The minimum atomic E-state index is 0.161. The van der Waals surface area contributed by atoms with Gasteiger partial charge in [-0.2, -0.15) is 0 Å². The van der Waals surface area contributed by atoms with Crippen molar-refractivity contribution in [2.75, 3.05) is 40.8 Å². The van der Waals surface area contributed by atoms with Crippen molar-refractivity contribution in [1.82, 2.24) is 19.7 Å². The van der Waals surface area contributed by atoms with Crippen LogP contribution in [0.15, 0.2) is 24.4 Å². The van der Waals surface area contributed by atoms with Gasteiger partial charge in [-0.15, -0.1) is 0 Å². The maximum atomic E-state index is 12.5. The monoisotopic (exact) mass is 318 g/mol. The predicted octanol–water partition coefficient (Wildman–Crippen LogP) is 1.70. The molecule has 1 aliphatic heterocycles. The summed E-state index contributed by atoms with van der Waals surface area (Å²) in [5.41, 5.74) is 1.15. The first kappa shape index (κ1) is 17.9. The Kier molecular flexibility index (Phi) is 5.76. The van der Waals surface area contributed by atoms with Crippen molar-refractivity contribution in [3.8, 4) is 0 Å². The van der Waals surface area contributed by atoms with Gasteiger partial charge in [0, 0.05) is 31.9 Å². The molecule has 2 rings (SSSR count). The van der Waals surface area contributed by atoms with Gasteiger partial charge in [-0.25, -0.2) is 0 Å². The molecule has 128 valence electrons. The fourth-order valence-electron chi connectivity index (χ4n) is 3.23. The quantitative estimate of drug-likeness (QED) is 0.800. The van der Waals surface area contributed by atoms with Gasteiger partial charge in [0.15, 0.2) is 0 Å². The smallest absolute Gasteiger partial charge is 0.236 e. The second-order valence-corrected chi connectivity index (χ2v) is 7.33. The van der Waals surface area contributed by atoms with Crippen LogP contribution in [0.4, 0.5) is 0 Å². The van der Waals surface area contributed by atoms with E-state index >= 15 is 0 Å². The Labute approximate surface area is 140 Å². The summed E-state index contributed by atoms with van der Waals surface area (Å²) in [6.07, 6.45) is 2.95. The van der Waals surface area contributed by atoms with Crippen molar-refractivity contribution < 1.29 is 4.79 Å². The molecule has 0 N–H and O–H groups in total. The van der Waals surface area contributed by atoms with Crippen LogP contribution in [0.1, 0.15) is 26.0 Å². The zero-order valence-electron chi connectivity index (χ0n) is 15.1. The number of likely N-dealkylation sites (N-methyl/N-ethyl adjacent to an activating group) is 2. The van der Waals surface area contributed by atoms with E-state index in [0.29, 0.717) is 19.0 Å². The van der Waals surface area contributed by atoms with Crippen LogP contribution in [0, 0.1) is 5.92 Å². The number of pyridine rings is 1. The molecule has 1 fully saturated rings. The normalized spacial score (nSPS) is 20.9. The van der Waals surface area contributed by atoms with Gasteiger partial charge in [0.05, 0.1) is 12.2 Å². The molecule has 1 unspecified atom stereocenters. The van der Waals surface area contributed by atoms with E-state index in [1.54, 1.807) is 6.20 Å². The lowest BCUT2D eigenvalue weighted by molar-refractivity contribution is -0.131. The Bertz CT molecular complexity index is 517. The van der Waals surface area contributed by atoms with E-state index in [1.807, 2.05) is 42.1 Å². The summed E-state index contributed by atoms with van der Waals surface area (Å²) in [7, 11) is 6.06. The van der Waals surface area contributed by atoms with Gasteiger partial charge in [0.25, 0.3) is 0 Å². The molecule has 2 heterocycles. The summed E-state index contributed by atoms with van der Waals surface area (Å²) in [6, 6.07) is 5.87. The molecule has 23 heavy (non-hydrogen) atoms. The number of carbonyl (C=O) groups excluding carboxylic acids is 1. The highest BCUT2D eigenvalue weighted by molar-refractivity contribution is 5.78. The number of carbonyl (C=O) groups is 1. The largest absolute Gasteiger partial charge is 0.344 e. The lowest BCUT2D eigenvalue weighted by Gasteiger charge is -2.35. The number of likely N-dealkylation sites (tertiary alicyclic amines) is 1. The van der Waals surface area contributed by atoms with E-state index in [-0.39, 0.29) is 11.4 Å². The van der Waals surface area contributed by atoms with Crippen LogP contribution in [-0.4, -0.2) is 71.9 Å². The molecule has 1 atom stereocenters. The summed E-state index contributed by atoms with van der Waals surface area (Å²) in [5.74, 6) is 0.705. The van der Waals surface area contributed by atoms with Gasteiger partial charge in [-0.1, -0.05) is 6.07 Å². The van der Waals surface area contributed by atoms with Crippen molar-refractivity contribution >= 4 is 5.91 Å². The van der Waals surface area contributed by atoms with E-state index in [4.69, 9.17) is 0 Å². The summed E-state index contributed by atoms with van der Waals surface area (Å²) in [4.78, 5) is 23.1. The zero-order chi connectivity index (χ0) is 17.0. The third kappa shape index (κ3) is 4.52. The fraction of sp³-hybridized carbons (Fsp3) is 0.667. The molecule has 1 aromatic rings. The summed E-state index contributed by atoms with van der Waals surface area (Å²) < 4.78 is 0. The molecule has 1 aromatic heterocycles. The molecule has 5 heteroatoms.